The summed E-state index contributed by atoms with van der Waals surface area (Å²) in [4.78, 5) is 0. The number of rotatable bonds is 5. The topological polar surface area (TPSA) is 29.5 Å². The van der Waals surface area contributed by atoms with Gasteiger partial charge in [0, 0.05) is 12.5 Å². The van der Waals surface area contributed by atoms with Crippen LogP contribution >= 0.6 is 0 Å². The van der Waals surface area contributed by atoms with Crippen LogP contribution in [0.15, 0.2) is 18.2 Å². The second-order valence-corrected chi connectivity index (χ2v) is 3.52. The molecule has 0 aliphatic heterocycles. The fourth-order valence-electron chi connectivity index (χ4n) is 1.40. The van der Waals surface area contributed by atoms with Crippen molar-refractivity contribution in [3.8, 4) is 5.75 Å². The summed E-state index contributed by atoms with van der Waals surface area (Å²) in [6, 6.07) is 4.89. The normalized spacial score (nSPS) is 12.9. The molecular weight excluding hydrogens is 214 g/mol. The Balaban J connectivity index is 3.00. The molecule has 0 heterocycles. The summed E-state index contributed by atoms with van der Waals surface area (Å²) in [6.07, 6.45) is 0.714. The van der Waals surface area contributed by atoms with Gasteiger partial charge in [0.1, 0.15) is 5.75 Å². The molecule has 2 nitrogen and oxygen atoms in total. The van der Waals surface area contributed by atoms with E-state index in [2.05, 4.69) is 11.7 Å². The van der Waals surface area contributed by atoms with Gasteiger partial charge in [0.2, 0.25) is 0 Å². The third-order valence-corrected chi connectivity index (χ3v) is 2.31. The Labute approximate surface area is 93.9 Å². The highest BCUT2D eigenvalue weighted by molar-refractivity contribution is 5.36. The molecule has 1 aromatic rings. The van der Waals surface area contributed by atoms with Gasteiger partial charge in [-0.15, -0.1) is 0 Å². The highest BCUT2D eigenvalue weighted by Crippen LogP contribution is 2.24. The number of benzene rings is 1. The lowest BCUT2D eigenvalue weighted by Crippen LogP contribution is -2.05. The molecule has 1 rings (SSSR count). The van der Waals surface area contributed by atoms with Crippen molar-refractivity contribution >= 4 is 0 Å². The smallest absolute Gasteiger partial charge is 0.387 e. The van der Waals surface area contributed by atoms with Crippen LogP contribution in [0.2, 0.25) is 0 Å². The number of hydrogen-bond acceptors (Lipinski definition) is 2. The Bertz CT molecular complexity index is 340. The minimum Gasteiger partial charge on any atom is -0.435 e. The molecular formula is C12H15F2O2. The van der Waals surface area contributed by atoms with Gasteiger partial charge in [0.25, 0.3) is 0 Å². The van der Waals surface area contributed by atoms with Crippen molar-refractivity contribution < 1.29 is 18.6 Å². The van der Waals surface area contributed by atoms with Crippen LogP contribution < -0.4 is 4.74 Å². The minimum absolute atomic E-state index is 0.117. The summed E-state index contributed by atoms with van der Waals surface area (Å²) in [5, 5.41) is 8.97. The van der Waals surface area contributed by atoms with E-state index in [1.165, 1.54) is 6.07 Å². The molecule has 1 N–H and O–H groups in total. The molecule has 1 aromatic carbocycles. The summed E-state index contributed by atoms with van der Waals surface area (Å²) in [7, 11) is 0. The monoisotopic (exact) mass is 229 g/mol. The summed E-state index contributed by atoms with van der Waals surface area (Å²) in [6.45, 7) is 2.69. The zero-order chi connectivity index (χ0) is 12.1. The predicted molar refractivity (Wildman–Crippen MR) is 57.6 cm³/mol. The van der Waals surface area contributed by atoms with Crippen LogP contribution in [0, 0.1) is 6.92 Å². The number of halogens is 2. The minimum atomic E-state index is -2.84. The Kier molecular flexibility index (Phi) is 4.68. The maximum absolute atomic E-state index is 12.1. The van der Waals surface area contributed by atoms with Crippen molar-refractivity contribution in [2.75, 3.05) is 6.61 Å². The zero-order valence-corrected chi connectivity index (χ0v) is 9.12. The predicted octanol–water partition coefficient (Wildman–Crippen LogP) is 2.76. The summed E-state index contributed by atoms with van der Waals surface area (Å²) < 4.78 is 28.5. The number of hydrogen-bond donors (Lipinski definition) is 1. The van der Waals surface area contributed by atoms with Crippen molar-refractivity contribution in [3.05, 3.63) is 36.2 Å². The zero-order valence-electron chi connectivity index (χ0n) is 9.12. The maximum Gasteiger partial charge on any atom is 0.387 e. The average Bonchev–Trinajstić information content (AvgIpc) is 2.26. The van der Waals surface area contributed by atoms with Gasteiger partial charge in [-0.25, -0.2) is 0 Å². The third kappa shape index (κ3) is 3.45. The maximum atomic E-state index is 12.1. The van der Waals surface area contributed by atoms with Gasteiger partial charge in [-0.05, 0) is 36.6 Å². The SMILES string of the molecule is [CH2]C(CO)c1cc(CC)cc(OC(F)F)c1. The van der Waals surface area contributed by atoms with Gasteiger partial charge in [0.15, 0.2) is 0 Å². The van der Waals surface area contributed by atoms with Gasteiger partial charge in [-0.2, -0.15) is 8.78 Å². The lowest BCUT2D eigenvalue weighted by molar-refractivity contribution is -0.0499. The molecule has 16 heavy (non-hydrogen) atoms. The molecule has 1 unspecified atom stereocenters. The Morgan fingerprint density at radius 3 is 2.56 bits per heavy atom. The van der Waals surface area contributed by atoms with Crippen LogP contribution in [-0.2, 0) is 6.42 Å². The van der Waals surface area contributed by atoms with Crippen molar-refractivity contribution in [1.82, 2.24) is 0 Å². The van der Waals surface area contributed by atoms with Gasteiger partial charge < -0.3 is 9.84 Å². The van der Waals surface area contributed by atoms with Crippen LogP contribution in [0.4, 0.5) is 8.78 Å². The number of aryl methyl sites for hydroxylation is 1. The van der Waals surface area contributed by atoms with Gasteiger partial charge in [-0.3, -0.25) is 0 Å². The van der Waals surface area contributed by atoms with Crippen molar-refractivity contribution in [3.63, 3.8) is 0 Å². The van der Waals surface area contributed by atoms with E-state index in [-0.39, 0.29) is 18.3 Å². The van der Waals surface area contributed by atoms with E-state index < -0.39 is 6.61 Å². The second-order valence-electron chi connectivity index (χ2n) is 3.52. The van der Waals surface area contributed by atoms with Crippen molar-refractivity contribution in [2.45, 2.75) is 25.9 Å². The Hall–Kier alpha value is -1.16. The molecule has 1 radical (unpaired) electrons. The number of aliphatic hydroxyl groups excluding tert-OH is 1. The number of alkyl halides is 2. The number of aliphatic hydroxyl groups is 1. The van der Waals surface area contributed by atoms with Crippen LogP contribution in [-0.4, -0.2) is 18.3 Å². The summed E-state index contributed by atoms with van der Waals surface area (Å²) >= 11 is 0. The van der Waals surface area contributed by atoms with E-state index in [4.69, 9.17) is 5.11 Å². The molecule has 0 saturated heterocycles. The molecule has 0 saturated carbocycles. The van der Waals surface area contributed by atoms with Crippen LogP contribution in [0.5, 0.6) is 5.75 Å². The fraction of sp³-hybridized carbons (Fsp3) is 0.417. The summed E-state index contributed by atoms with van der Waals surface area (Å²) in [5.74, 6) is -0.210. The first kappa shape index (κ1) is 12.9. The highest BCUT2D eigenvalue weighted by Gasteiger charge is 2.10. The average molecular weight is 229 g/mol. The lowest BCUT2D eigenvalue weighted by Gasteiger charge is -2.13. The molecule has 0 aliphatic rings. The molecule has 0 spiro atoms. The van der Waals surface area contributed by atoms with E-state index in [0.29, 0.717) is 12.0 Å². The molecule has 89 valence electrons. The van der Waals surface area contributed by atoms with E-state index in [0.717, 1.165) is 5.56 Å². The first-order chi connectivity index (χ1) is 7.56. The van der Waals surface area contributed by atoms with Crippen LogP contribution in [0.1, 0.15) is 24.0 Å². The largest absolute Gasteiger partial charge is 0.435 e. The highest BCUT2D eigenvalue weighted by atomic mass is 19.3. The van der Waals surface area contributed by atoms with Crippen molar-refractivity contribution in [1.29, 1.82) is 0 Å². The van der Waals surface area contributed by atoms with Crippen molar-refractivity contribution in [2.24, 2.45) is 0 Å². The fourth-order valence-corrected chi connectivity index (χ4v) is 1.40. The molecule has 0 bridgehead atoms. The molecule has 0 aromatic heterocycles. The summed E-state index contributed by atoms with van der Waals surface area (Å²) in [5.41, 5.74) is 1.59. The standard InChI is InChI=1S/C12H15F2O2/c1-3-9-4-10(8(2)7-15)6-11(5-9)16-12(13)14/h4-6,8,12,15H,2-3,7H2,1H3. The van der Waals surface area contributed by atoms with E-state index >= 15 is 0 Å². The molecule has 4 heteroatoms. The van der Waals surface area contributed by atoms with Crippen LogP contribution in [0.3, 0.4) is 0 Å². The lowest BCUT2D eigenvalue weighted by atomic mass is 9.98. The third-order valence-electron chi connectivity index (χ3n) is 2.31. The van der Waals surface area contributed by atoms with Crippen LogP contribution in [0.25, 0.3) is 0 Å². The molecule has 0 fully saturated rings. The second kappa shape index (κ2) is 5.80. The number of ether oxygens (including phenoxy) is 1. The first-order valence-electron chi connectivity index (χ1n) is 5.09. The molecule has 0 aliphatic carbocycles. The Morgan fingerprint density at radius 1 is 1.38 bits per heavy atom. The van der Waals surface area contributed by atoms with Gasteiger partial charge in [-0.1, -0.05) is 13.0 Å². The van der Waals surface area contributed by atoms with E-state index in [9.17, 15) is 8.78 Å². The molecule has 0 amide bonds. The Morgan fingerprint density at radius 2 is 2.06 bits per heavy atom. The van der Waals surface area contributed by atoms with Gasteiger partial charge in [0.05, 0.1) is 0 Å². The quantitative estimate of drug-likeness (QED) is 0.841. The van der Waals surface area contributed by atoms with E-state index in [1.807, 2.05) is 13.0 Å². The first-order valence-corrected chi connectivity index (χ1v) is 5.09. The van der Waals surface area contributed by atoms with Gasteiger partial charge >= 0.3 is 6.61 Å². The molecule has 1 atom stereocenters. The van der Waals surface area contributed by atoms with E-state index in [1.54, 1.807) is 6.07 Å².